The Kier molecular flexibility index (Phi) is 36.0. The number of carbonyl (C=O) groups excluding carboxylic acids is 2. The number of fused-ring (bicyclic) bond motifs is 8. The van der Waals surface area contributed by atoms with Gasteiger partial charge in [-0.15, -0.1) is 102 Å². The van der Waals surface area contributed by atoms with Gasteiger partial charge in [0.2, 0.25) is 0 Å². The standard InChI is InChI=1S/C112H138N2O6S9/c1-11-19-23-27-31-33-37-41-45-77(43-39-35-29-25-21-13-3)73-113-103(91-58-61-95(123-91)109-88(119-65-17-7)71-98(127-109)97-69-86(117-63-15-5)107(125-97)93-56-48-76(10)121-93)101-102(112(113)116)104(114(111(101)115)74-78(44-40-36-30-26-22-14-4)46-42-38-34-32-28-24-20-12-2)92-59-62-96(124-92)110-89(120-66-18-8)72-100(128-110)99-70-87(118-64-16-6)108(126-99)94-60-57-90(122-94)81-51-53-83-80(68-81)50-55-85-84-54-49-79-67-75(9)47-52-82(79)105(84)129-106(83)85/h47-62,67-72,77-78H,11-46,63-66,73-74H2,1-10H3. The number of nitrogens with zero attached hydrogens (tertiary/aromatic N) is 2. The molecule has 0 fully saturated rings. The molecule has 0 radical (unpaired) electrons. The van der Waals surface area contributed by atoms with Gasteiger partial charge in [-0.2, -0.15) is 0 Å². The summed E-state index contributed by atoms with van der Waals surface area (Å²) >= 11 is 16.2. The Labute approximate surface area is 806 Å². The van der Waals surface area contributed by atoms with Gasteiger partial charge in [0.25, 0.3) is 11.8 Å². The van der Waals surface area contributed by atoms with E-state index in [9.17, 15) is 0 Å². The first-order valence-corrected chi connectivity index (χ1v) is 57.0. The Bertz CT molecular complexity index is 5880. The first-order chi connectivity index (χ1) is 63.3. The molecular formula is C112H138N2O6S9. The molecule has 0 saturated carbocycles. The lowest BCUT2D eigenvalue weighted by Crippen LogP contribution is -2.34. The van der Waals surface area contributed by atoms with E-state index >= 15 is 9.59 Å². The van der Waals surface area contributed by atoms with Gasteiger partial charge >= 0.3 is 0 Å². The monoisotopic (exact) mass is 1890 g/mol. The lowest BCUT2D eigenvalue weighted by atomic mass is 9.93. The third-order valence-corrected chi connectivity index (χ3v) is 37.0. The Balaban J connectivity index is 0.820. The number of thiophene rings is 9. The van der Waals surface area contributed by atoms with Crippen LogP contribution in [0.25, 0.3) is 122 Å². The van der Waals surface area contributed by atoms with Crippen LogP contribution < -0.4 is 18.9 Å². The van der Waals surface area contributed by atoms with E-state index < -0.39 is 0 Å². The summed E-state index contributed by atoms with van der Waals surface area (Å²) in [6, 6.07) is 50.2. The normalized spacial score (nSPS) is 13.6. The van der Waals surface area contributed by atoms with Crippen molar-refractivity contribution in [1.29, 1.82) is 0 Å². The molecular weight excluding hydrogens is 1760 g/mol. The molecule has 0 spiro atoms. The first kappa shape index (κ1) is 96.4. The van der Waals surface area contributed by atoms with E-state index in [1.54, 1.807) is 68.0 Å². The second-order valence-corrected chi connectivity index (χ2v) is 46.1. The predicted molar refractivity (Wildman–Crippen MR) is 569 cm³/mol. The minimum atomic E-state index is -0.0242. The highest BCUT2D eigenvalue weighted by Gasteiger charge is 2.50. The quantitative estimate of drug-likeness (QED) is 0.0354. The number of aryl methyl sites for hydroxylation is 2. The van der Waals surface area contributed by atoms with Crippen LogP contribution in [0, 0.1) is 25.7 Å². The molecule has 2 unspecified atom stereocenters. The van der Waals surface area contributed by atoms with Crippen molar-refractivity contribution in [2.45, 2.75) is 300 Å². The van der Waals surface area contributed by atoms with Gasteiger partial charge in [0.1, 0.15) is 23.0 Å². The van der Waals surface area contributed by atoms with E-state index in [1.807, 2.05) is 34.0 Å². The summed E-state index contributed by atoms with van der Waals surface area (Å²) in [5, 5.41) is 7.82. The van der Waals surface area contributed by atoms with Crippen molar-refractivity contribution in [3.63, 3.8) is 0 Å². The highest BCUT2D eigenvalue weighted by molar-refractivity contribution is 7.31. The number of ether oxygens (including phenoxy) is 4. The zero-order chi connectivity index (χ0) is 89.5. The second kappa shape index (κ2) is 48.2. The molecule has 2 amide bonds. The van der Waals surface area contributed by atoms with E-state index in [0.717, 1.165) is 165 Å². The number of hydrogen-bond donors (Lipinski definition) is 0. The molecule has 9 aromatic heterocycles. The van der Waals surface area contributed by atoms with Crippen LogP contribution in [0.1, 0.15) is 307 Å². The van der Waals surface area contributed by atoms with Gasteiger partial charge in [0.05, 0.1) is 78.2 Å². The third kappa shape index (κ3) is 23.6. The zero-order valence-electron chi connectivity index (χ0n) is 78.6. The SMILES string of the molecule is CCCCCCCCCCC(CCCCCCCC)CN1C(=O)C2=C(c3ccc(-c4sc(-c5cc(OCCC)c(-c6ccc(-c7ccc8c(ccc9c%10ccc%11cc(C)ccc%11c%10sc89)c7)s6)s5)cc4OCCC)s3)N(CC(CCCCCCCC)CCCCCCCCCC)C(=O)C2=C1c1ccc(-c2sc(-c3cc(OCCC)c(-c4ccc(C)s4)s3)cc2OCCC)s1. The molecule has 4 aromatic carbocycles. The average Bonchev–Trinajstić information content (AvgIpc) is 1.55. The molecule has 0 bridgehead atoms. The number of amides is 2. The number of rotatable bonds is 57. The van der Waals surface area contributed by atoms with E-state index in [0.29, 0.717) is 50.7 Å². The van der Waals surface area contributed by atoms with Gasteiger partial charge in [-0.25, -0.2) is 0 Å². The number of hydrogen-bond acceptors (Lipinski definition) is 15. The van der Waals surface area contributed by atoms with Crippen molar-refractivity contribution in [3.05, 3.63) is 165 Å². The summed E-state index contributed by atoms with van der Waals surface area (Å²) in [5.41, 5.74) is 5.27. The van der Waals surface area contributed by atoms with Gasteiger partial charge in [-0.05, 0) is 159 Å². The van der Waals surface area contributed by atoms with Gasteiger partial charge in [-0.3, -0.25) is 9.59 Å². The average molecular weight is 1900 g/mol. The lowest BCUT2D eigenvalue weighted by molar-refractivity contribution is -0.124. The van der Waals surface area contributed by atoms with Crippen molar-refractivity contribution in [2.24, 2.45) is 11.8 Å². The molecule has 13 aromatic rings. The third-order valence-electron chi connectivity index (χ3n) is 25.8. The number of unbranched alkanes of at least 4 members (excludes halogenated alkanes) is 24. The fraction of sp³-hybridized carbons (Fsp3) is 0.482. The Morgan fingerprint density at radius 1 is 0.271 bits per heavy atom. The van der Waals surface area contributed by atoms with Crippen LogP contribution in [0.4, 0.5) is 0 Å². The highest BCUT2D eigenvalue weighted by Crippen LogP contribution is 2.58. The summed E-state index contributed by atoms with van der Waals surface area (Å²) in [7, 11) is 0. The Morgan fingerprint density at radius 3 is 0.938 bits per heavy atom. The minimum absolute atomic E-state index is 0.0242. The molecule has 2 aliphatic rings. The van der Waals surface area contributed by atoms with Gasteiger partial charge in [0.15, 0.2) is 0 Å². The summed E-state index contributed by atoms with van der Waals surface area (Å²) in [6.45, 7) is 25.9. The number of carbonyl (C=O) groups is 2. The van der Waals surface area contributed by atoms with Gasteiger partial charge in [-0.1, -0.05) is 295 Å². The van der Waals surface area contributed by atoms with Crippen LogP contribution in [0.15, 0.2) is 145 Å². The van der Waals surface area contributed by atoms with Crippen molar-refractivity contribution < 1.29 is 28.5 Å². The molecule has 17 heteroatoms. The molecule has 15 rings (SSSR count). The van der Waals surface area contributed by atoms with Crippen molar-refractivity contribution in [1.82, 2.24) is 9.80 Å². The van der Waals surface area contributed by atoms with Crippen LogP contribution in [0.2, 0.25) is 0 Å². The largest absolute Gasteiger partial charge is 0.492 e. The van der Waals surface area contributed by atoms with E-state index in [2.05, 4.69) is 212 Å². The predicted octanol–water partition coefficient (Wildman–Crippen LogP) is 37.9. The summed E-state index contributed by atoms with van der Waals surface area (Å²) in [5.74, 6) is 4.06. The number of benzene rings is 4. The van der Waals surface area contributed by atoms with Crippen LogP contribution in [-0.4, -0.2) is 61.1 Å². The molecule has 0 N–H and O–H groups in total. The topological polar surface area (TPSA) is 77.5 Å². The minimum Gasteiger partial charge on any atom is -0.492 e. The van der Waals surface area contributed by atoms with Gasteiger partial charge < -0.3 is 28.7 Å². The molecule has 2 aliphatic heterocycles. The zero-order valence-corrected chi connectivity index (χ0v) is 85.9. The maximum absolute atomic E-state index is 17.1. The van der Waals surface area contributed by atoms with E-state index in [4.69, 9.17) is 18.9 Å². The lowest BCUT2D eigenvalue weighted by Gasteiger charge is -2.29. The van der Waals surface area contributed by atoms with Crippen molar-refractivity contribution in [2.75, 3.05) is 39.5 Å². The maximum Gasteiger partial charge on any atom is 0.261 e. The molecule has 11 heterocycles. The maximum atomic E-state index is 17.1. The van der Waals surface area contributed by atoms with Crippen LogP contribution >= 0.6 is 102 Å². The Morgan fingerprint density at radius 2 is 0.581 bits per heavy atom. The summed E-state index contributed by atoms with van der Waals surface area (Å²) < 4.78 is 29.8. The molecule has 686 valence electrons. The Hall–Kier alpha value is -7.16. The van der Waals surface area contributed by atoms with E-state index in [1.165, 1.54) is 231 Å². The molecule has 2 atom stereocenters. The van der Waals surface area contributed by atoms with E-state index in [-0.39, 0.29) is 23.7 Å². The molecule has 0 aliphatic carbocycles. The smallest absolute Gasteiger partial charge is 0.261 e. The van der Waals surface area contributed by atoms with Gasteiger partial charge in [0, 0.05) is 106 Å². The van der Waals surface area contributed by atoms with Crippen molar-refractivity contribution in [3.8, 4) is 92.0 Å². The second-order valence-electron chi connectivity index (χ2n) is 36.3. The fourth-order valence-electron chi connectivity index (χ4n) is 18.9. The highest BCUT2D eigenvalue weighted by atomic mass is 32.1. The van der Waals surface area contributed by atoms with Crippen LogP contribution in [0.3, 0.4) is 0 Å². The molecule has 0 saturated heterocycles. The first-order valence-electron chi connectivity index (χ1n) is 49.7. The van der Waals surface area contributed by atoms with Crippen LogP contribution in [0.5, 0.6) is 23.0 Å². The molecule has 129 heavy (non-hydrogen) atoms. The van der Waals surface area contributed by atoms with Crippen LogP contribution in [-0.2, 0) is 9.59 Å². The summed E-state index contributed by atoms with van der Waals surface area (Å²) in [4.78, 5) is 56.4. The summed E-state index contributed by atoms with van der Waals surface area (Å²) in [6.07, 6.45) is 42.6. The fourth-order valence-corrected chi connectivity index (χ4v) is 29.3. The van der Waals surface area contributed by atoms with Crippen molar-refractivity contribution >= 4 is 167 Å². The molecule has 8 nitrogen and oxygen atoms in total.